The van der Waals surface area contributed by atoms with Gasteiger partial charge in [0.15, 0.2) is 5.82 Å². The minimum atomic E-state index is 0.733. The predicted octanol–water partition coefficient (Wildman–Crippen LogP) is 8.30. The summed E-state index contributed by atoms with van der Waals surface area (Å²) >= 11 is 0. The summed E-state index contributed by atoms with van der Waals surface area (Å²) in [5.74, 6) is 0.733. The van der Waals surface area contributed by atoms with E-state index in [1.54, 1.807) is 0 Å². The number of benzene rings is 5. The molecule has 6 rings (SSSR count). The van der Waals surface area contributed by atoms with Crippen molar-refractivity contribution in [2.24, 2.45) is 0 Å². The molecule has 0 bridgehead atoms. The molecule has 0 unspecified atom stereocenters. The molecule has 0 radical (unpaired) electrons. The highest BCUT2D eigenvalue weighted by atomic mass is 14.9. The molecule has 0 N–H and O–H groups in total. The summed E-state index contributed by atoms with van der Waals surface area (Å²) in [6.07, 6.45) is 0. The molecule has 0 saturated carbocycles. The quantitative estimate of drug-likeness (QED) is 0.279. The minimum Gasteiger partial charge on any atom is -0.227 e. The molecule has 0 spiro atoms. The Hall–Kier alpha value is -4.56. The summed E-state index contributed by atoms with van der Waals surface area (Å²) < 4.78 is 0. The molecule has 2 heteroatoms. The lowest BCUT2D eigenvalue weighted by Gasteiger charge is -2.15. The van der Waals surface area contributed by atoms with Crippen LogP contribution in [0.15, 0.2) is 133 Å². The van der Waals surface area contributed by atoms with Crippen molar-refractivity contribution in [2.75, 3.05) is 0 Å². The minimum absolute atomic E-state index is 0.733. The summed E-state index contributed by atoms with van der Waals surface area (Å²) in [4.78, 5) is 10.2. The third kappa shape index (κ3) is 3.76. The first kappa shape index (κ1) is 20.1. The predicted molar refractivity (Wildman–Crippen MR) is 141 cm³/mol. The van der Waals surface area contributed by atoms with Gasteiger partial charge in [0.2, 0.25) is 0 Å². The lowest BCUT2D eigenvalue weighted by Crippen LogP contribution is -1.97. The Labute approximate surface area is 199 Å². The van der Waals surface area contributed by atoms with E-state index < -0.39 is 0 Å². The zero-order valence-corrected chi connectivity index (χ0v) is 18.6. The van der Waals surface area contributed by atoms with Crippen LogP contribution in [0.5, 0.6) is 0 Å². The molecule has 1 heterocycles. The summed E-state index contributed by atoms with van der Waals surface area (Å²) in [6, 6.07) is 46.1. The molecule has 0 fully saturated rings. The molecular weight excluding hydrogens is 412 g/mol. The monoisotopic (exact) mass is 434 g/mol. The van der Waals surface area contributed by atoms with Crippen molar-refractivity contribution in [2.45, 2.75) is 0 Å². The van der Waals surface area contributed by atoms with E-state index >= 15 is 0 Å². The van der Waals surface area contributed by atoms with Crippen LogP contribution < -0.4 is 0 Å². The molecule has 160 valence electrons. The molecule has 0 saturated heterocycles. The Morgan fingerprint density at radius 2 is 0.882 bits per heavy atom. The van der Waals surface area contributed by atoms with Gasteiger partial charge in [-0.2, -0.15) is 0 Å². The zero-order valence-electron chi connectivity index (χ0n) is 18.6. The van der Waals surface area contributed by atoms with Crippen molar-refractivity contribution >= 4 is 10.9 Å². The van der Waals surface area contributed by atoms with Crippen molar-refractivity contribution in [3.8, 4) is 44.9 Å². The number of nitrogens with zero attached hydrogens (tertiary/aromatic N) is 2. The molecule has 2 nitrogen and oxygen atoms in total. The zero-order chi connectivity index (χ0) is 22.7. The van der Waals surface area contributed by atoms with Crippen molar-refractivity contribution in [1.29, 1.82) is 0 Å². The summed E-state index contributed by atoms with van der Waals surface area (Å²) in [5.41, 5.74) is 8.56. The van der Waals surface area contributed by atoms with Crippen molar-refractivity contribution in [3.05, 3.63) is 133 Å². The van der Waals surface area contributed by atoms with Crippen LogP contribution in [0.1, 0.15) is 0 Å². The lowest BCUT2D eigenvalue weighted by atomic mass is 9.93. The highest BCUT2D eigenvalue weighted by Gasteiger charge is 2.17. The van der Waals surface area contributed by atoms with E-state index in [9.17, 15) is 0 Å². The van der Waals surface area contributed by atoms with Gasteiger partial charge in [-0.25, -0.2) is 9.97 Å². The number of fused-ring (bicyclic) bond motifs is 1. The Morgan fingerprint density at radius 1 is 0.382 bits per heavy atom. The number of rotatable bonds is 4. The van der Waals surface area contributed by atoms with Crippen LogP contribution in [0.3, 0.4) is 0 Å². The second-order valence-corrected chi connectivity index (χ2v) is 8.28. The third-order valence-electron chi connectivity index (χ3n) is 6.07. The van der Waals surface area contributed by atoms with Gasteiger partial charge in [0.1, 0.15) is 0 Å². The fraction of sp³-hybridized carbons (Fsp3) is 0. The van der Waals surface area contributed by atoms with Crippen molar-refractivity contribution in [3.63, 3.8) is 0 Å². The Balaban J connectivity index is 1.73. The summed E-state index contributed by atoms with van der Waals surface area (Å²) in [6.45, 7) is 0. The lowest BCUT2D eigenvalue weighted by molar-refractivity contribution is 1.23. The molecule has 1 aromatic heterocycles. The first-order valence-corrected chi connectivity index (χ1v) is 11.4. The van der Waals surface area contributed by atoms with Crippen LogP contribution in [0.25, 0.3) is 55.8 Å². The van der Waals surface area contributed by atoms with E-state index in [0.29, 0.717) is 0 Å². The molecule has 0 amide bonds. The molecule has 0 aliphatic heterocycles. The Bertz CT molecular complexity index is 1440. The Kier molecular flexibility index (Phi) is 5.17. The summed E-state index contributed by atoms with van der Waals surface area (Å²) in [7, 11) is 0. The van der Waals surface area contributed by atoms with E-state index in [1.807, 2.05) is 36.4 Å². The van der Waals surface area contributed by atoms with Crippen LogP contribution >= 0.6 is 0 Å². The maximum absolute atomic E-state index is 5.13. The first-order valence-electron chi connectivity index (χ1n) is 11.4. The molecule has 0 atom stereocenters. The van der Waals surface area contributed by atoms with E-state index in [-0.39, 0.29) is 0 Å². The smallest absolute Gasteiger partial charge is 0.160 e. The average Bonchev–Trinajstić information content (AvgIpc) is 2.94. The number of hydrogen-bond donors (Lipinski definition) is 0. The van der Waals surface area contributed by atoms with Crippen LogP contribution in [-0.4, -0.2) is 9.97 Å². The molecule has 0 aliphatic carbocycles. The van der Waals surface area contributed by atoms with Gasteiger partial charge in [0.05, 0.1) is 11.2 Å². The number of aromatic nitrogens is 2. The van der Waals surface area contributed by atoms with Gasteiger partial charge >= 0.3 is 0 Å². The summed E-state index contributed by atoms with van der Waals surface area (Å²) in [5, 5.41) is 1.05. The fourth-order valence-electron chi connectivity index (χ4n) is 4.40. The highest BCUT2D eigenvalue weighted by molar-refractivity contribution is 6.04. The van der Waals surface area contributed by atoms with Gasteiger partial charge in [-0.1, -0.05) is 121 Å². The molecular formula is C32H22N2. The van der Waals surface area contributed by atoms with Gasteiger partial charge in [-0.15, -0.1) is 0 Å². The molecule has 34 heavy (non-hydrogen) atoms. The standard InChI is InChI=1S/C32H22N2/c1-5-13-23(14-6-1)27-21-28(24-15-7-2-8-16-24)31-29(22-27)30(25-17-9-3-10-18-25)33-32(34-31)26-19-11-4-12-20-26/h1-22H. The van der Waals surface area contributed by atoms with Gasteiger partial charge in [0.25, 0.3) is 0 Å². The van der Waals surface area contributed by atoms with E-state index in [0.717, 1.165) is 50.2 Å². The largest absolute Gasteiger partial charge is 0.227 e. The third-order valence-corrected chi connectivity index (χ3v) is 6.07. The van der Waals surface area contributed by atoms with Crippen LogP contribution in [0, 0.1) is 0 Å². The highest BCUT2D eigenvalue weighted by Crippen LogP contribution is 2.38. The fourth-order valence-corrected chi connectivity index (χ4v) is 4.40. The van der Waals surface area contributed by atoms with E-state index in [1.165, 1.54) is 5.56 Å². The van der Waals surface area contributed by atoms with Crippen LogP contribution in [0.4, 0.5) is 0 Å². The topological polar surface area (TPSA) is 25.8 Å². The normalized spacial score (nSPS) is 10.9. The first-order chi connectivity index (χ1) is 16.9. The van der Waals surface area contributed by atoms with Crippen LogP contribution in [0.2, 0.25) is 0 Å². The van der Waals surface area contributed by atoms with Crippen molar-refractivity contribution < 1.29 is 0 Å². The van der Waals surface area contributed by atoms with Crippen LogP contribution in [-0.2, 0) is 0 Å². The maximum atomic E-state index is 5.13. The van der Waals surface area contributed by atoms with Gasteiger partial charge in [-0.3, -0.25) is 0 Å². The molecule has 0 aliphatic rings. The van der Waals surface area contributed by atoms with Gasteiger partial charge in [0, 0.05) is 22.1 Å². The van der Waals surface area contributed by atoms with Gasteiger partial charge in [-0.05, 0) is 28.8 Å². The van der Waals surface area contributed by atoms with Crippen molar-refractivity contribution in [1.82, 2.24) is 9.97 Å². The molecule has 6 aromatic rings. The van der Waals surface area contributed by atoms with E-state index in [2.05, 4.69) is 97.1 Å². The second kappa shape index (κ2) is 8.76. The maximum Gasteiger partial charge on any atom is 0.160 e. The number of hydrogen-bond acceptors (Lipinski definition) is 2. The Morgan fingerprint density at radius 3 is 1.47 bits per heavy atom. The molecule has 5 aromatic carbocycles. The van der Waals surface area contributed by atoms with E-state index in [4.69, 9.17) is 9.97 Å². The average molecular weight is 435 g/mol. The van der Waals surface area contributed by atoms with Gasteiger partial charge < -0.3 is 0 Å². The SMILES string of the molecule is c1ccc(-c2cc(-c3ccccc3)c3nc(-c4ccccc4)nc(-c4ccccc4)c3c2)cc1. The second-order valence-electron chi connectivity index (χ2n) is 8.28.